The number of nitrogens with one attached hydrogen (secondary N) is 2. The highest BCUT2D eigenvalue weighted by Crippen LogP contribution is 2.39. The van der Waals surface area contributed by atoms with E-state index in [1.807, 2.05) is 12.1 Å². The van der Waals surface area contributed by atoms with Crippen LogP contribution < -0.4 is 14.4 Å². The average Bonchev–Trinajstić information content (AvgIpc) is 3.05. The average molecular weight is 434 g/mol. The number of halogens is 1. The molecule has 0 bridgehead atoms. The van der Waals surface area contributed by atoms with Crippen molar-refractivity contribution >= 4 is 44.2 Å². The standard InChI is InChI=1S/C19H20ClN5O3S/c1-29(26,27)25-8-9-28-16-17(23-19(20)24-18(16)25)21-11-6-7-15-13(10-11)12-4-2-3-5-14(12)22-15/h2-5,11,22H,6-10H2,1H3,(H,21,23,24)/t11-/m1/s1. The maximum Gasteiger partial charge on any atom is 0.233 e. The van der Waals surface area contributed by atoms with Gasteiger partial charge in [-0.25, -0.2) is 12.7 Å². The van der Waals surface area contributed by atoms with Gasteiger partial charge in [-0.15, -0.1) is 0 Å². The fourth-order valence-electron chi connectivity index (χ4n) is 4.16. The Kier molecular flexibility index (Phi) is 4.32. The smallest absolute Gasteiger partial charge is 0.233 e. The second-order valence-corrected chi connectivity index (χ2v) is 9.63. The molecule has 1 atom stereocenters. The Morgan fingerprint density at radius 2 is 2.14 bits per heavy atom. The van der Waals surface area contributed by atoms with Crippen LogP contribution in [0.3, 0.4) is 0 Å². The van der Waals surface area contributed by atoms with Crippen LogP contribution in [0.15, 0.2) is 24.3 Å². The summed E-state index contributed by atoms with van der Waals surface area (Å²) in [5, 5.41) is 4.63. The van der Waals surface area contributed by atoms with Crippen molar-refractivity contribution in [2.75, 3.05) is 29.0 Å². The molecule has 2 N–H and O–H groups in total. The molecule has 1 aromatic carbocycles. The molecular weight excluding hydrogens is 414 g/mol. The first-order valence-electron chi connectivity index (χ1n) is 9.43. The Balaban J connectivity index is 1.48. The molecule has 10 heteroatoms. The SMILES string of the molecule is CS(=O)(=O)N1CCOc2c(N[C@@H]3CCc4[nH]c5ccccc5c4C3)nc(Cl)nc21. The summed E-state index contributed by atoms with van der Waals surface area (Å²) in [6, 6.07) is 8.41. The van der Waals surface area contributed by atoms with Crippen molar-refractivity contribution in [3.05, 3.63) is 40.8 Å². The normalized spacial score (nSPS) is 18.8. The lowest BCUT2D eigenvalue weighted by Crippen LogP contribution is -2.38. The Hall–Kier alpha value is -2.52. The summed E-state index contributed by atoms with van der Waals surface area (Å²) in [5.74, 6) is 0.947. The van der Waals surface area contributed by atoms with Crippen molar-refractivity contribution in [3.8, 4) is 5.75 Å². The summed E-state index contributed by atoms with van der Waals surface area (Å²) < 4.78 is 31.2. The molecule has 1 aliphatic heterocycles. The van der Waals surface area contributed by atoms with Gasteiger partial charge in [0.05, 0.1) is 12.8 Å². The van der Waals surface area contributed by atoms with Crippen LogP contribution in [0, 0.1) is 0 Å². The molecule has 0 radical (unpaired) electrons. The van der Waals surface area contributed by atoms with Gasteiger partial charge in [-0.1, -0.05) is 18.2 Å². The van der Waals surface area contributed by atoms with Gasteiger partial charge in [0.2, 0.25) is 21.1 Å². The van der Waals surface area contributed by atoms with Crippen molar-refractivity contribution < 1.29 is 13.2 Å². The molecule has 0 saturated carbocycles. The van der Waals surface area contributed by atoms with Gasteiger partial charge in [-0.05, 0) is 42.5 Å². The van der Waals surface area contributed by atoms with Gasteiger partial charge in [0.1, 0.15) is 6.61 Å². The van der Waals surface area contributed by atoms with Gasteiger partial charge in [-0.3, -0.25) is 0 Å². The number of hydrogen-bond acceptors (Lipinski definition) is 6. The Morgan fingerprint density at radius 1 is 1.31 bits per heavy atom. The van der Waals surface area contributed by atoms with E-state index in [-0.39, 0.29) is 30.3 Å². The van der Waals surface area contributed by atoms with Crippen LogP contribution in [0.1, 0.15) is 17.7 Å². The topological polar surface area (TPSA) is 100 Å². The highest BCUT2D eigenvalue weighted by molar-refractivity contribution is 7.92. The van der Waals surface area contributed by atoms with E-state index in [2.05, 4.69) is 32.4 Å². The van der Waals surface area contributed by atoms with E-state index in [1.54, 1.807) is 0 Å². The number of hydrogen-bond donors (Lipinski definition) is 2. The highest BCUT2D eigenvalue weighted by Gasteiger charge is 2.32. The van der Waals surface area contributed by atoms with Crippen LogP contribution in [0.4, 0.5) is 11.6 Å². The molecule has 0 saturated heterocycles. The molecule has 5 rings (SSSR count). The summed E-state index contributed by atoms with van der Waals surface area (Å²) in [6.45, 7) is 0.428. The van der Waals surface area contributed by atoms with Crippen LogP contribution in [-0.4, -0.2) is 48.8 Å². The molecule has 152 valence electrons. The molecule has 2 aromatic heterocycles. The number of H-pyrrole nitrogens is 1. The third-order valence-electron chi connectivity index (χ3n) is 5.43. The minimum atomic E-state index is -3.49. The van der Waals surface area contributed by atoms with E-state index in [1.165, 1.54) is 20.9 Å². The fraction of sp³-hybridized carbons (Fsp3) is 0.368. The van der Waals surface area contributed by atoms with E-state index in [4.69, 9.17) is 16.3 Å². The number of fused-ring (bicyclic) bond motifs is 4. The predicted octanol–water partition coefficient (Wildman–Crippen LogP) is 2.74. The second kappa shape index (κ2) is 6.77. The number of aromatic nitrogens is 3. The van der Waals surface area contributed by atoms with Crippen molar-refractivity contribution in [1.29, 1.82) is 0 Å². The monoisotopic (exact) mass is 433 g/mol. The number of anilines is 2. The molecule has 0 fully saturated rings. The molecular formula is C19H20ClN5O3S. The summed E-state index contributed by atoms with van der Waals surface area (Å²) >= 11 is 6.11. The number of sulfonamides is 1. The molecule has 2 aliphatic rings. The summed E-state index contributed by atoms with van der Waals surface area (Å²) in [5.41, 5.74) is 3.72. The van der Waals surface area contributed by atoms with Gasteiger partial charge in [-0.2, -0.15) is 9.97 Å². The van der Waals surface area contributed by atoms with E-state index in [0.29, 0.717) is 11.6 Å². The zero-order valence-electron chi connectivity index (χ0n) is 15.8. The molecule has 0 unspecified atom stereocenters. The molecule has 8 nitrogen and oxygen atoms in total. The quantitative estimate of drug-likeness (QED) is 0.616. The van der Waals surface area contributed by atoms with E-state index in [0.717, 1.165) is 31.0 Å². The largest absolute Gasteiger partial charge is 0.484 e. The lowest BCUT2D eigenvalue weighted by molar-refractivity contribution is 0.313. The van der Waals surface area contributed by atoms with E-state index in [9.17, 15) is 8.42 Å². The Morgan fingerprint density at radius 3 is 2.97 bits per heavy atom. The van der Waals surface area contributed by atoms with Crippen molar-refractivity contribution in [2.24, 2.45) is 0 Å². The molecule has 29 heavy (non-hydrogen) atoms. The van der Waals surface area contributed by atoms with Gasteiger partial charge in [0.15, 0.2) is 11.6 Å². The van der Waals surface area contributed by atoms with Gasteiger partial charge < -0.3 is 15.0 Å². The predicted molar refractivity (Wildman–Crippen MR) is 112 cm³/mol. The summed E-state index contributed by atoms with van der Waals surface area (Å²) in [6.07, 6.45) is 3.79. The van der Waals surface area contributed by atoms with E-state index < -0.39 is 10.0 Å². The minimum Gasteiger partial charge on any atom is -0.484 e. The minimum absolute atomic E-state index is 0.0195. The maximum atomic E-state index is 12.1. The van der Waals surface area contributed by atoms with E-state index >= 15 is 0 Å². The second-order valence-electron chi connectivity index (χ2n) is 7.39. The number of para-hydroxylation sites is 1. The first-order valence-corrected chi connectivity index (χ1v) is 11.7. The van der Waals surface area contributed by atoms with Gasteiger partial charge in [0, 0.05) is 22.6 Å². The lowest BCUT2D eigenvalue weighted by Gasteiger charge is -2.30. The molecule has 3 aromatic rings. The van der Waals surface area contributed by atoms with Gasteiger partial charge in [0.25, 0.3) is 0 Å². The van der Waals surface area contributed by atoms with Crippen LogP contribution in [0.25, 0.3) is 10.9 Å². The van der Waals surface area contributed by atoms with Crippen molar-refractivity contribution in [3.63, 3.8) is 0 Å². The molecule has 0 amide bonds. The maximum absolute atomic E-state index is 12.1. The lowest BCUT2D eigenvalue weighted by atomic mass is 9.91. The Bertz CT molecular complexity index is 1210. The highest BCUT2D eigenvalue weighted by atomic mass is 35.5. The van der Waals surface area contributed by atoms with Crippen molar-refractivity contribution in [1.82, 2.24) is 15.0 Å². The molecule has 3 heterocycles. The van der Waals surface area contributed by atoms with Crippen LogP contribution in [0.5, 0.6) is 5.75 Å². The van der Waals surface area contributed by atoms with Gasteiger partial charge >= 0.3 is 0 Å². The third-order valence-corrected chi connectivity index (χ3v) is 6.76. The molecule has 1 aliphatic carbocycles. The summed E-state index contributed by atoms with van der Waals surface area (Å²) in [4.78, 5) is 11.9. The van der Waals surface area contributed by atoms with Crippen LogP contribution in [0.2, 0.25) is 5.28 Å². The number of benzene rings is 1. The first-order chi connectivity index (χ1) is 13.9. The van der Waals surface area contributed by atoms with Crippen molar-refractivity contribution in [2.45, 2.75) is 25.3 Å². The zero-order valence-corrected chi connectivity index (χ0v) is 17.3. The van der Waals surface area contributed by atoms with Crippen LogP contribution in [-0.2, 0) is 22.9 Å². The number of aromatic amines is 1. The zero-order chi connectivity index (χ0) is 20.2. The first kappa shape index (κ1) is 18.5. The molecule has 0 spiro atoms. The number of nitrogens with zero attached hydrogens (tertiary/aromatic N) is 3. The number of rotatable bonds is 3. The number of aryl methyl sites for hydroxylation is 1. The fourth-order valence-corrected chi connectivity index (χ4v) is 5.17. The third kappa shape index (κ3) is 3.28. The van der Waals surface area contributed by atoms with Crippen LogP contribution >= 0.6 is 11.6 Å². The Labute approximate surface area is 173 Å². The summed E-state index contributed by atoms with van der Waals surface area (Å²) in [7, 11) is -3.49. The number of ether oxygens (including phenoxy) is 1.